The van der Waals surface area contributed by atoms with Gasteiger partial charge in [-0.1, -0.05) is 51.9 Å². The second-order valence-corrected chi connectivity index (χ2v) is 5.50. The Kier molecular flexibility index (Phi) is 12.1. The fourth-order valence-electron chi connectivity index (χ4n) is 2.18. The maximum absolute atomic E-state index is 9.00. The largest absolute Gasteiger partial charge is 0.481 e. The van der Waals surface area contributed by atoms with E-state index in [1.54, 1.807) is 0 Å². The standard InChI is InChI=1S/C14H28N2.C2H4O2/c1-3-4-5-6-7-8-9-10-11-16-13-12-15(2)14-16;1-2(3)4/h12-13H,3-11,14H2,1-2H3;1H3,(H,3,4). The summed E-state index contributed by atoms with van der Waals surface area (Å²) >= 11 is 0. The molecular weight excluding hydrogens is 252 g/mol. The molecule has 0 atom stereocenters. The zero-order valence-corrected chi connectivity index (χ0v) is 13.5. The van der Waals surface area contributed by atoms with Crippen molar-refractivity contribution in [2.24, 2.45) is 0 Å². The van der Waals surface area contributed by atoms with Gasteiger partial charge in [-0.15, -0.1) is 0 Å². The van der Waals surface area contributed by atoms with Gasteiger partial charge in [0.05, 0.1) is 6.67 Å². The van der Waals surface area contributed by atoms with E-state index in [0.717, 1.165) is 13.6 Å². The third kappa shape index (κ3) is 13.2. The molecule has 0 aromatic rings. The van der Waals surface area contributed by atoms with Gasteiger partial charge in [0.1, 0.15) is 0 Å². The van der Waals surface area contributed by atoms with E-state index in [1.165, 1.54) is 57.9 Å². The van der Waals surface area contributed by atoms with Crippen LogP contribution in [-0.4, -0.2) is 41.1 Å². The quantitative estimate of drug-likeness (QED) is 0.652. The smallest absolute Gasteiger partial charge is 0.300 e. The van der Waals surface area contributed by atoms with Crippen molar-refractivity contribution in [3.8, 4) is 0 Å². The molecule has 0 saturated carbocycles. The van der Waals surface area contributed by atoms with Crippen LogP contribution in [0.2, 0.25) is 0 Å². The van der Waals surface area contributed by atoms with Crippen LogP contribution >= 0.6 is 0 Å². The summed E-state index contributed by atoms with van der Waals surface area (Å²) in [6, 6.07) is 0. The highest BCUT2D eigenvalue weighted by Crippen LogP contribution is 2.10. The molecule has 0 saturated heterocycles. The maximum Gasteiger partial charge on any atom is 0.300 e. The topological polar surface area (TPSA) is 43.8 Å². The first-order valence-corrected chi connectivity index (χ1v) is 7.88. The first-order valence-electron chi connectivity index (χ1n) is 7.88. The number of rotatable bonds is 9. The number of aliphatic carboxylic acids is 1. The molecule has 20 heavy (non-hydrogen) atoms. The van der Waals surface area contributed by atoms with Crippen LogP contribution in [0.3, 0.4) is 0 Å². The van der Waals surface area contributed by atoms with Crippen molar-refractivity contribution in [2.45, 2.75) is 65.2 Å². The van der Waals surface area contributed by atoms with E-state index in [2.05, 4.69) is 36.2 Å². The van der Waals surface area contributed by atoms with Crippen LogP contribution in [0, 0.1) is 0 Å². The van der Waals surface area contributed by atoms with Crippen molar-refractivity contribution >= 4 is 5.97 Å². The lowest BCUT2D eigenvalue weighted by Crippen LogP contribution is -2.23. The highest BCUT2D eigenvalue weighted by Gasteiger charge is 2.06. The fraction of sp³-hybridized carbons (Fsp3) is 0.812. The molecule has 1 heterocycles. The van der Waals surface area contributed by atoms with Crippen LogP contribution in [0.1, 0.15) is 65.2 Å². The van der Waals surface area contributed by atoms with Gasteiger partial charge < -0.3 is 14.9 Å². The summed E-state index contributed by atoms with van der Waals surface area (Å²) in [5.74, 6) is -0.833. The summed E-state index contributed by atoms with van der Waals surface area (Å²) in [5, 5.41) is 7.42. The lowest BCUT2D eigenvalue weighted by molar-refractivity contribution is -0.134. The molecule has 1 N–H and O–H groups in total. The molecule has 0 aromatic carbocycles. The number of carboxylic acid groups (broad SMARTS) is 1. The summed E-state index contributed by atoms with van der Waals surface area (Å²) in [7, 11) is 2.13. The number of carbonyl (C=O) groups is 1. The number of hydrogen-bond acceptors (Lipinski definition) is 3. The molecule has 0 bridgehead atoms. The van der Waals surface area contributed by atoms with Crippen molar-refractivity contribution in [3.05, 3.63) is 12.4 Å². The van der Waals surface area contributed by atoms with Crippen molar-refractivity contribution in [1.82, 2.24) is 9.80 Å². The number of hydrogen-bond donors (Lipinski definition) is 1. The normalized spacial score (nSPS) is 13.3. The average Bonchev–Trinajstić information content (AvgIpc) is 2.78. The van der Waals surface area contributed by atoms with Gasteiger partial charge in [-0.3, -0.25) is 4.79 Å². The predicted octanol–water partition coefficient (Wildman–Crippen LogP) is 3.89. The van der Waals surface area contributed by atoms with Gasteiger partial charge in [0.2, 0.25) is 0 Å². The van der Waals surface area contributed by atoms with Crippen LogP contribution in [0.5, 0.6) is 0 Å². The van der Waals surface area contributed by atoms with E-state index in [1.807, 2.05) is 0 Å². The van der Waals surface area contributed by atoms with E-state index < -0.39 is 5.97 Å². The Morgan fingerprint density at radius 2 is 1.55 bits per heavy atom. The first kappa shape index (κ1) is 18.8. The highest BCUT2D eigenvalue weighted by molar-refractivity contribution is 5.62. The Morgan fingerprint density at radius 1 is 1.05 bits per heavy atom. The van der Waals surface area contributed by atoms with E-state index in [4.69, 9.17) is 9.90 Å². The highest BCUT2D eigenvalue weighted by atomic mass is 16.4. The second kappa shape index (κ2) is 12.8. The second-order valence-electron chi connectivity index (χ2n) is 5.50. The Hall–Kier alpha value is -1.19. The average molecular weight is 284 g/mol. The Bertz CT molecular complexity index is 263. The fourth-order valence-corrected chi connectivity index (χ4v) is 2.18. The molecule has 0 aliphatic carbocycles. The van der Waals surface area contributed by atoms with Crippen molar-refractivity contribution in [1.29, 1.82) is 0 Å². The van der Waals surface area contributed by atoms with Crippen LogP contribution in [0.15, 0.2) is 12.4 Å². The summed E-state index contributed by atoms with van der Waals surface area (Å²) in [4.78, 5) is 13.6. The molecule has 0 aromatic heterocycles. The van der Waals surface area contributed by atoms with E-state index in [-0.39, 0.29) is 0 Å². The zero-order chi connectivity index (χ0) is 15.2. The van der Waals surface area contributed by atoms with E-state index in [9.17, 15) is 0 Å². The van der Waals surface area contributed by atoms with Crippen LogP contribution in [0.4, 0.5) is 0 Å². The number of nitrogens with zero attached hydrogens (tertiary/aromatic N) is 2. The molecule has 0 spiro atoms. The Labute approximate surface area is 124 Å². The maximum atomic E-state index is 9.00. The molecule has 1 aliphatic heterocycles. The van der Waals surface area contributed by atoms with Gasteiger partial charge in [-0.2, -0.15) is 0 Å². The number of unbranched alkanes of at least 4 members (excludes halogenated alkanes) is 7. The molecule has 1 aliphatic rings. The summed E-state index contributed by atoms with van der Waals surface area (Å²) in [5.41, 5.74) is 0. The third-order valence-electron chi connectivity index (χ3n) is 3.24. The minimum absolute atomic E-state index is 0.833. The Balaban J connectivity index is 0.000000796. The molecule has 4 nitrogen and oxygen atoms in total. The van der Waals surface area contributed by atoms with Crippen LogP contribution in [0.25, 0.3) is 0 Å². The van der Waals surface area contributed by atoms with Gasteiger partial charge in [0.15, 0.2) is 0 Å². The molecule has 0 radical (unpaired) electrons. The van der Waals surface area contributed by atoms with Gasteiger partial charge in [0, 0.05) is 32.9 Å². The van der Waals surface area contributed by atoms with Crippen LogP contribution in [-0.2, 0) is 4.79 Å². The molecule has 0 fully saturated rings. The van der Waals surface area contributed by atoms with E-state index in [0.29, 0.717) is 0 Å². The predicted molar refractivity (Wildman–Crippen MR) is 84.4 cm³/mol. The third-order valence-corrected chi connectivity index (χ3v) is 3.24. The van der Waals surface area contributed by atoms with Crippen molar-refractivity contribution in [2.75, 3.05) is 20.3 Å². The molecule has 1 rings (SSSR count). The van der Waals surface area contributed by atoms with Crippen LogP contribution < -0.4 is 0 Å². The SMILES string of the molecule is CC(=O)O.CCCCCCCCCCN1C=CN(C)C1. The molecular formula is C16H32N2O2. The van der Waals surface area contributed by atoms with Gasteiger partial charge in [0.25, 0.3) is 5.97 Å². The molecule has 0 amide bonds. The lowest BCUT2D eigenvalue weighted by Gasteiger charge is -2.17. The Morgan fingerprint density at radius 3 is 2.00 bits per heavy atom. The van der Waals surface area contributed by atoms with E-state index >= 15 is 0 Å². The lowest BCUT2D eigenvalue weighted by atomic mass is 10.1. The van der Waals surface area contributed by atoms with Crippen molar-refractivity contribution < 1.29 is 9.90 Å². The van der Waals surface area contributed by atoms with Gasteiger partial charge in [-0.05, 0) is 6.42 Å². The summed E-state index contributed by atoms with van der Waals surface area (Å²) in [6.45, 7) is 5.67. The summed E-state index contributed by atoms with van der Waals surface area (Å²) in [6.07, 6.45) is 15.7. The number of carboxylic acids is 1. The van der Waals surface area contributed by atoms with Gasteiger partial charge >= 0.3 is 0 Å². The first-order chi connectivity index (χ1) is 9.56. The minimum atomic E-state index is -0.833. The van der Waals surface area contributed by atoms with Crippen molar-refractivity contribution in [3.63, 3.8) is 0 Å². The molecule has 0 unspecified atom stereocenters. The molecule has 4 heteroatoms. The monoisotopic (exact) mass is 284 g/mol. The zero-order valence-electron chi connectivity index (χ0n) is 13.5. The minimum Gasteiger partial charge on any atom is -0.481 e. The molecule has 118 valence electrons. The summed E-state index contributed by atoms with van der Waals surface area (Å²) < 4.78 is 0. The van der Waals surface area contributed by atoms with Gasteiger partial charge in [-0.25, -0.2) is 0 Å².